The van der Waals surface area contributed by atoms with Crippen LogP contribution >= 0.6 is 0 Å². The van der Waals surface area contributed by atoms with Gasteiger partial charge in [-0.15, -0.1) is 0 Å². The van der Waals surface area contributed by atoms with Gasteiger partial charge in [0.2, 0.25) is 5.91 Å². The summed E-state index contributed by atoms with van der Waals surface area (Å²) in [5, 5.41) is 2.66. The Bertz CT molecular complexity index is 301. The highest BCUT2D eigenvalue weighted by molar-refractivity contribution is 5.83. The predicted octanol–water partition coefficient (Wildman–Crippen LogP) is 0.784. The third-order valence-corrected chi connectivity index (χ3v) is 2.94. The largest absolute Gasteiger partial charge is 0.467 e. The van der Waals surface area contributed by atoms with Crippen molar-refractivity contribution < 1.29 is 14.3 Å². The first-order valence-electron chi connectivity index (χ1n) is 6.53. The van der Waals surface area contributed by atoms with Crippen LogP contribution in [0.3, 0.4) is 0 Å². The maximum Gasteiger partial charge on any atom is 0.329 e. The highest BCUT2D eigenvalue weighted by Crippen LogP contribution is 2.27. The molecule has 1 rings (SSSR count). The number of ether oxygens (including phenoxy) is 1. The summed E-state index contributed by atoms with van der Waals surface area (Å²) in [6.07, 6.45) is 2.36. The van der Waals surface area contributed by atoms with Crippen molar-refractivity contribution in [2.45, 2.75) is 45.7 Å². The molecule has 1 N–H and O–H groups in total. The standard InChI is InChI=1S/C13H24N2O3/c1-9(2)7-15(11-5-6-11)8-12(13(17)18-4)14-10(3)16/h9,11-12H,5-8H2,1-4H3,(H,14,16). The van der Waals surface area contributed by atoms with E-state index in [0.29, 0.717) is 18.5 Å². The van der Waals surface area contributed by atoms with Crippen molar-refractivity contribution in [1.29, 1.82) is 0 Å². The third-order valence-electron chi connectivity index (χ3n) is 2.94. The lowest BCUT2D eigenvalue weighted by Gasteiger charge is -2.27. The summed E-state index contributed by atoms with van der Waals surface area (Å²) >= 11 is 0. The molecule has 1 unspecified atom stereocenters. The summed E-state index contributed by atoms with van der Waals surface area (Å²) in [5.74, 6) is -0.0356. The minimum Gasteiger partial charge on any atom is -0.467 e. The van der Waals surface area contributed by atoms with E-state index in [-0.39, 0.29) is 11.9 Å². The molecular formula is C13H24N2O3. The third kappa shape index (κ3) is 5.04. The quantitative estimate of drug-likeness (QED) is 0.684. The van der Waals surface area contributed by atoms with Gasteiger partial charge < -0.3 is 10.1 Å². The second kappa shape index (κ2) is 6.73. The van der Waals surface area contributed by atoms with Crippen LogP contribution in [0.25, 0.3) is 0 Å². The molecule has 0 saturated heterocycles. The molecule has 0 aliphatic heterocycles. The number of hydrogen-bond acceptors (Lipinski definition) is 4. The van der Waals surface area contributed by atoms with Gasteiger partial charge in [0, 0.05) is 26.1 Å². The van der Waals surface area contributed by atoms with Gasteiger partial charge >= 0.3 is 5.97 Å². The van der Waals surface area contributed by atoms with Crippen molar-refractivity contribution in [1.82, 2.24) is 10.2 Å². The fraction of sp³-hybridized carbons (Fsp3) is 0.846. The molecule has 0 heterocycles. The topological polar surface area (TPSA) is 58.6 Å². The van der Waals surface area contributed by atoms with E-state index in [1.54, 1.807) is 0 Å². The van der Waals surface area contributed by atoms with E-state index in [1.807, 2.05) is 0 Å². The fourth-order valence-corrected chi connectivity index (χ4v) is 2.08. The first kappa shape index (κ1) is 15.0. The van der Waals surface area contributed by atoms with Gasteiger partial charge in [0.05, 0.1) is 7.11 Å². The van der Waals surface area contributed by atoms with E-state index in [2.05, 4.69) is 24.1 Å². The van der Waals surface area contributed by atoms with E-state index in [9.17, 15) is 9.59 Å². The lowest BCUT2D eigenvalue weighted by molar-refractivity contribution is -0.145. The van der Waals surface area contributed by atoms with Gasteiger partial charge in [0.25, 0.3) is 0 Å². The van der Waals surface area contributed by atoms with Gasteiger partial charge in [-0.1, -0.05) is 13.8 Å². The van der Waals surface area contributed by atoms with E-state index in [0.717, 1.165) is 6.54 Å². The molecule has 0 aromatic rings. The Hall–Kier alpha value is -1.10. The molecule has 0 aromatic carbocycles. The number of hydrogen-bond donors (Lipinski definition) is 1. The van der Waals surface area contributed by atoms with Gasteiger partial charge in [-0.3, -0.25) is 9.69 Å². The number of rotatable bonds is 7. The monoisotopic (exact) mass is 256 g/mol. The van der Waals surface area contributed by atoms with Gasteiger partial charge in [0.1, 0.15) is 6.04 Å². The Morgan fingerprint density at radius 3 is 2.33 bits per heavy atom. The number of amides is 1. The predicted molar refractivity (Wildman–Crippen MR) is 69.1 cm³/mol. The molecule has 1 aliphatic carbocycles. The molecule has 1 amide bonds. The maximum absolute atomic E-state index is 11.6. The summed E-state index contributed by atoms with van der Waals surface area (Å²) in [5.41, 5.74) is 0. The van der Waals surface area contributed by atoms with Crippen molar-refractivity contribution >= 4 is 11.9 Å². The molecule has 1 fully saturated rings. The zero-order valence-corrected chi connectivity index (χ0v) is 11.7. The molecule has 1 saturated carbocycles. The van der Waals surface area contributed by atoms with E-state index < -0.39 is 6.04 Å². The van der Waals surface area contributed by atoms with E-state index in [4.69, 9.17) is 4.74 Å². The summed E-state index contributed by atoms with van der Waals surface area (Å²) in [6.45, 7) is 7.20. The minimum atomic E-state index is -0.563. The van der Waals surface area contributed by atoms with E-state index in [1.165, 1.54) is 26.9 Å². The number of carbonyl (C=O) groups is 2. The smallest absolute Gasteiger partial charge is 0.329 e. The van der Waals surface area contributed by atoms with Crippen molar-refractivity contribution in [3.8, 4) is 0 Å². The molecule has 104 valence electrons. The highest BCUT2D eigenvalue weighted by atomic mass is 16.5. The summed E-state index contributed by atoms with van der Waals surface area (Å²) in [6, 6.07) is 0.000152. The average molecular weight is 256 g/mol. The minimum absolute atomic E-state index is 0.203. The van der Waals surface area contributed by atoms with Crippen LogP contribution in [0.5, 0.6) is 0 Å². The van der Waals surface area contributed by atoms with Gasteiger partial charge in [-0.2, -0.15) is 0 Å². The Kier molecular flexibility index (Phi) is 5.59. The number of esters is 1. The zero-order valence-electron chi connectivity index (χ0n) is 11.7. The summed E-state index contributed by atoms with van der Waals surface area (Å²) < 4.78 is 4.74. The lowest BCUT2D eigenvalue weighted by atomic mass is 10.1. The van der Waals surface area contributed by atoms with Crippen LogP contribution in [0.4, 0.5) is 0 Å². The molecule has 1 atom stereocenters. The zero-order chi connectivity index (χ0) is 13.7. The fourth-order valence-electron chi connectivity index (χ4n) is 2.08. The van der Waals surface area contributed by atoms with Crippen LogP contribution in [0.1, 0.15) is 33.6 Å². The van der Waals surface area contributed by atoms with Gasteiger partial charge in [-0.25, -0.2) is 4.79 Å². The Morgan fingerprint density at radius 2 is 1.94 bits per heavy atom. The van der Waals surface area contributed by atoms with Crippen LogP contribution < -0.4 is 5.32 Å². The van der Waals surface area contributed by atoms with Crippen LogP contribution in [-0.2, 0) is 14.3 Å². The number of carbonyl (C=O) groups excluding carboxylic acids is 2. The molecule has 0 spiro atoms. The summed E-state index contributed by atoms with van der Waals surface area (Å²) in [4.78, 5) is 25.1. The van der Waals surface area contributed by atoms with Crippen LogP contribution in [0, 0.1) is 5.92 Å². The normalized spacial score (nSPS) is 16.8. The molecule has 0 radical (unpaired) electrons. The van der Waals surface area contributed by atoms with Crippen LogP contribution in [0.2, 0.25) is 0 Å². The maximum atomic E-state index is 11.6. The molecule has 18 heavy (non-hydrogen) atoms. The Morgan fingerprint density at radius 1 is 1.33 bits per heavy atom. The van der Waals surface area contributed by atoms with Crippen molar-refractivity contribution in [2.75, 3.05) is 20.2 Å². The highest BCUT2D eigenvalue weighted by Gasteiger charge is 2.33. The van der Waals surface area contributed by atoms with Gasteiger partial charge in [0.15, 0.2) is 0 Å². The molecule has 5 nitrogen and oxygen atoms in total. The number of nitrogens with one attached hydrogen (secondary N) is 1. The summed E-state index contributed by atoms with van der Waals surface area (Å²) in [7, 11) is 1.35. The van der Waals surface area contributed by atoms with E-state index >= 15 is 0 Å². The SMILES string of the molecule is COC(=O)C(CN(CC(C)C)C1CC1)NC(C)=O. The molecule has 0 aromatic heterocycles. The van der Waals surface area contributed by atoms with Crippen molar-refractivity contribution in [2.24, 2.45) is 5.92 Å². The first-order chi connectivity index (χ1) is 8.43. The Balaban J connectivity index is 2.60. The number of methoxy groups -OCH3 is 1. The molecule has 1 aliphatic rings. The second-order valence-electron chi connectivity index (χ2n) is 5.36. The average Bonchev–Trinajstić information content (AvgIpc) is 3.08. The van der Waals surface area contributed by atoms with Crippen molar-refractivity contribution in [3.63, 3.8) is 0 Å². The molecular weight excluding hydrogens is 232 g/mol. The molecule has 5 heteroatoms. The van der Waals surface area contributed by atoms with Gasteiger partial charge in [-0.05, 0) is 18.8 Å². The second-order valence-corrected chi connectivity index (χ2v) is 5.36. The Labute approximate surface area is 109 Å². The molecule has 0 bridgehead atoms. The van der Waals surface area contributed by atoms with Crippen molar-refractivity contribution in [3.05, 3.63) is 0 Å². The van der Waals surface area contributed by atoms with Crippen LogP contribution in [-0.4, -0.2) is 49.1 Å². The number of nitrogens with zero attached hydrogens (tertiary/aromatic N) is 1. The lowest BCUT2D eigenvalue weighted by Crippen LogP contribution is -2.49. The first-order valence-corrected chi connectivity index (χ1v) is 6.53. The van der Waals surface area contributed by atoms with Crippen LogP contribution in [0.15, 0.2) is 0 Å².